The van der Waals surface area contributed by atoms with Crippen LogP contribution >= 0.6 is 0 Å². The number of para-hydroxylation sites is 2. The summed E-state index contributed by atoms with van der Waals surface area (Å²) in [5.74, 6) is -0.529. The van der Waals surface area contributed by atoms with Crippen LogP contribution in [0, 0.1) is 0 Å². The molecule has 0 aliphatic heterocycles. The second kappa shape index (κ2) is 5.88. The second-order valence-electron chi connectivity index (χ2n) is 3.82. The Kier molecular flexibility index (Phi) is 4.00. The lowest BCUT2D eigenvalue weighted by molar-refractivity contribution is -0.145. The smallest absolute Gasteiger partial charge is 0.319 e. The van der Waals surface area contributed by atoms with Crippen molar-refractivity contribution in [2.45, 2.75) is 6.92 Å². The van der Waals surface area contributed by atoms with Crippen molar-refractivity contribution >= 4 is 17.3 Å². The van der Waals surface area contributed by atoms with Crippen LogP contribution < -0.4 is 10.3 Å². The Morgan fingerprint density at radius 2 is 1.42 bits per heavy atom. The maximum absolute atomic E-state index is 11.2. The quantitative estimate of drug-likeness (QED) is 0.854. The SMILES string of the molecule is CC(=O)ON(c1ccccc1)N(O)c1ccccc1. The summed E-state index contributed by atoms with van der Waals surface area (Å²) in [6, 6.07) is 17.6. The van der Waals surface area contributed by atoms with Crippen LogP contribution in [0.4, 0.5) is 11.4 Å². The predicted molar refractivity (Wildman–Crippen MR) is 71.4 cm³/mol. The lowest BCUT2D eigenvalue weighted by atomic mass is 10.3. The fourth-order valence-corrected chi connectivity index (χ4v) is 1.54. The molecule has 98 valence electrons. The van der Waals surface area contributed by atoms with Gasteiger partial charge in [0.05, 0.1) is 5.69 Å². The Morgan fingerprint density at radius 1 is 0.947 bits per heavy atom. The van der Waals surface area contributed by atoms with Gasteiger partial charge in [0, 0.05) is 6.92 Å². The van der Waals surface area contributed by atoms with Crippen LogP contribution in [0.15, 0.2) is 60.7 Å². The van der Waals surface area contributed by atoms with Gasteiger partial charge in [0.2, 0.25) is 0 Å². The first-order valence-electron chi connectivity index (χ1n) is 5.76. The van der Waals surface area contributed by atoms with Gasteiger partial charge in [0.25, 0.3) is 0 Å². The average molecular weight is 258 g/mol. The Labute approximate surface area is 111 Å². The summed E-state index contributed by atoms with van der Waals surface area (Å²) < 4.78 is 0. The van der Waals surface area contributed by atoms with E-state index in [0.29, 0.717) is 11.4 Å². The lowest BCUT2D eigenvalue weighted by Crippen LogP contribution is -2.41. The second-order valence-corrected chi connectivity index (χ2v) is 3.82. The number of nitrogens with zero attached hydrogens (tertiary/aromatic N) is 2. The molecule has 5 heteroatoms. The minimum atomic E-state index is -0.529. The van der Waals surface area contributed by atoms with Crippen LogP contribution in [0.1, 0.15) is 6.92 Å². The topological polar surface area (TPSA) is 53.0 Å². The molecule has 2 aromatic carbocycles. The van der Waals surface area contributed by atoms with Gasteiger partial charge in [-0.15, -0.1) is 5.17 Å². The molecular weight excluding hydrogens is 244 g/mol. The van der Waals surface area contributed by atoms with Gasteiger partial charge in [-0.2, -0.15) is 0 Å². The van der Waals surface area contributed by atoms with Gasteiger partial charge in [0.15, 0.2) is 0 Å². The molecule has 0 aliphatic carbocycles. The van der Waals surface area contributed by atoms with Crippen molar-refractivity contribution in [3.8, 4) is 0 Å². The van der Waals surface area contributed by atoms with Gasteiger partial charge < -0.3 is 4.84 Å². The standard InChI is InChI=1S/C14H14N2O3/c1-12(17)19-16(14-10-6-3-7-11-14)15(18)13-8-4-2-5-9-13/h2-11,18H,1H3. The monoisotopic (exact) mass is 258 g/mol. The fourth-order valence-electron chi connectivity index (χ4n) is 1.54. The van der Waals surface area contributed by atoms with Crippen molar-refractivity contribution < 1.29 is 14.8 Å². The summed E-state index contributed by atoms with van der Waals surface area (Å²) in [6.45, 7) is 1.27. The highest BCUT2D eigenvalue weighted by Gasteiger charge is 2.18. The molecule has 0 saturated heterocycles. The minimum Gasteiger partial charge on any atom is -0.319 e. The van der Waals surface area contributed by atoms with Gasteiger partial charge in [-0.3, -0.25) is 5.21 Å². The zero-order chi connectivity index (χ0) is 13.7. The van der Waals surface area contributed by atoms with Gasteiger partial charge in [-0.25, -0.2) is 4.79 Å². The third-order valence-corrected chi connectivity index (χ3v) is 2.35. The minimum absolute atomic E-state index is 0.479. The zero-order valence-electron chi connectivity index (χ0n) is 10.4. The van der Waals surface area contributed by atoms with Gasteiger partial charge in [0.1, 0.15) is 5.69 Å². The van der Waals surface area contributed by atoms with E-state index in [-0.39, 0.29) is 0 Å². The Morgan fingerprint density at radius 3 is 1.89 bits per heavy atom. The lowest BCUT2D eigenvalue weighted by Gasteiger charge is -2.29. The van der Waals surface area contributed by atoms with E-state index in [1.807, 2.05) is 12.1 Å². The maximum atomic E-state index is 11.2. The normalized spacial score (nSPS) is 9.79. The molecule has 2 aromatic rings. The molecule has 0 aliphatic rings. The molecule has 5 nitrogen and oxygen atoms in total. The highest BCUT2D eigenvalue weighted by atomic mass is 16.8. The number of hydrogen-bond donors (Lipinski definition) is 1. The summed E-state index contributed by atoms with van der Waals surface area (Å²) in [5, 5.41) is 12.0. The molecule has 0 aromatic heterocycles. The van der Waals surface area contributed by atoms with Crippen molar-refractivity contribution in [1.82, 2.24) is 0 Å². The number of rotatable bonds is 4. The van der Waals surface area contributed by atoms with E-state index in [2.05, 4.69) is 0 Å². The zero-order valence-corrected chi connectivity index (χ0v) is 10.4. The Hall–Kier alpha value is -2.53. The molecule has 0 atom stereocenters. The van der Waals surface area contributed by atoms with Crippen LogP contribution in [-0.4, -0.2) is 11.2 Å². The van der Waals surface area contributed by atoms with Crippen LogP contribution in [0.3, 0.4) is 0 Å². The van der Waals surface area contributed by atoms with Gasteiger partial charge in [-0.1, -0.05) is 41.6 Å². The van der Waals surface area contributed by atoms with Crippen LogP contribution in [0.5, 0.6) is 0 Å². The molecular formula is C14H14N2O3. The third kappa shape index (κ3) is 3.23. The van der Waals surface area contributed by atoms with Crippen LogP contribution in [-0.2, 0) is 9.63 Å². The molecule has 0 unspecified atom stereocenters. The molecule has 0 radical (unpaired) electrons. The molecule has 0 fully saturated rings. The van der Waals surface area contributed by atoms with E-state index in [1.54, 1.807) is 48.5 Å². The highest BCUT2D eigenvalue weighted by molar-refractivity contribution is 5.68. The summed E-state index contributed by atoms with van der Waals surface area (Å²) in [4.78, 5) is 16.2. The molecule has 2 rings (SSSR count). The summed E-state index contributed by atoms with van der Waals surface area (Å²) in [6.07, 6.45) is 0. The van der Waals surface area contributed by atoms with E-state index < -0.39 is 5.97 Å². The van der Waals surface area contributed by atoms with E-state index in [0.717, 1.165) is 10.3 Å². The number of hydrogen-bond acceptors (Lipinski definition) is 5. The van der Waals surface area contributed by atoms with Crippen LogP contribution in [0.2, 0.25) is 0 Å². The molecule has 1 N–H and O–H groups in total. The molecule has 0 amide bonds. The van der Waals surface area contributed by atoms with Gasteiger partial charge in [-0.05, 0) is 24.3 Å². The van der Waals surface area contributed by atoms with Crippen molar-refractivity contribution in [3.63, 3.8) is 0 Å². The first-order chi connectivity index (χ1) is 9.18. The van der Waals surface area contributed by atoms with E-state index in [9.17, 15) is 10.0 Å². The number of anilines is 2. The number of hydrazine groups is 1. The third-order valence-electron chi connectivity index (χ3n) is 2.35. The largest absolute Gasteiger partial charge is 0.331 e. The summed E-state index contributed by atoms with van der Waals surface area (Å²) in [7, 11) is 0. The van der Waals surface area contributed by atoms with E-state index in [4.69, 9.17) is 4.84 Å². The highest BCUT2D eigenvalue weighted by Crippen LogP contribution is 2.21. The molecule has 19 heavy (non-hydrogen) atoms. The average Bonchev–Trinajstić information content (AvgIpc) is 2.46. The van der Waals surface area contributed by atoms with Crippen molar-refractivity contribution in [2.75, 3.05) is 10.3 Å². The van der Waals surface area contributed by atoms with E-state index >= 15 is 0 Å². The fraction of sp³-hybridized carbons (Fsp3) is 0.0714. The summed E-state index contributed by atoms with van der Waals surface area (Å²) >= 11 is 0. The first kappa shape index (κ1) is 12.9. The van der Waals surface area contributed by atoms with Crippen LogP contribution in [0.25, 0.3) is 0 Å². The molecule has 0 spiro atoms. The Balaban J connectivity index is 2.30. The number of benzene rings is 2. The van der Waals surface area contributed by atoms with Crippen molar-refractivity contribution in [3.05, 3.63) is 60.7 Å². The number of carbonyl (C=O) groups excluding carboxylic acids is 1. The van der Waals surface area contributed by atoms with Gasteiger partial charge >= 0.3 is 5.97 Å². The maximum Gasteiger partial charge on any atom is 0.331 e. The first-order valence-corrected chi connectivity index (χ1v) is 5.76. The predicted octanol–water partition coefficient (Wildman–Crippen LogP) is 2.78. The Bertz CT molecular complexity index is 531. The van der Waals surface area contributed by atoms with E-state index in [1.165, 1.54) is 6.92 Å². The molecule has 0 bridgehead atoms. The van der Waals surface area contributed by atoms with Crippen molar-refractivity contribution in [1.29, 1.82) is 0 Å². The summed E-state index contributed by atoms with van der Waals surface area (Å²) in [5.41, 5.74) is 1.01. The molecule has 0 saturated carbocycles. The molecule has 0 heterocycles. The number of carbonyl (C=O) groups is 1. The van der Waals surface area contributed by atoms with Crippen molar-refractivity contribution in [2.24, 2.45) is 0 Å².